The number of hydrogen-bond acceptors (Lipinski definition) is 3. The number of rotatable bonds is 9. The molecule has 2 unspecified atom stereocenters. The zero-order chi connectivity index (χ0) is 18.2. The molecule has 5 heteroatoms. The summed E-state index contributed by atoms with van der Waals surface area (Å²) in [6, 6.07) is 14.3. The number of aryl methyl sites for hydroxylation is 2. The van der Waals surface area contributed by atoms with Crippen LogP contribution in [0, 0.1) is 6.92 Å². The number of ether oxygens (including phenoxy) is 1. The summed E-state index contributed by atoms with van der Waals surface area (Å²) in [5, 5.41) is 3.52. The van der Waals surface area contributed by atoms with Crippen LogP contribution >= 0.6 is 0 Å². The molecule has 2 rings (SSSR count). The van der Waals surface area contributed by atoms with E-state index < -0.39 is 11.1 Å². The molecule has 0 spiro atoms. The minimum atomic E-state index is -1.92. The van der Waals surface area contributed by atoms with Gasteiger partial charge in [0, 0.05) is 6.04 Å². The first-order valence-corrected chi connectivity index (χ1v) is 9.67. The predicted molar refractivity (Wildman–Crippen MR) is 103 cm³/mol. The first kappa shape index (κ1) is 19.6. The lowest BCUT2D eigenvalue weighted by Gasteiger charge is -2.15. The molecule has 25 heavy (non-hydrogen) atoms. The second-order valence-electron chi connectivity index (χ2n) is 6.30. The molecule has 2 N–H and O–H groups in total. The molecule has 0 amide bonds. The van der Waals surface area contributed by atoms with Crippen molar-refractivity contribution in [2.75, 3.05) is 13.7 Å². The van der Waals surface area contributed by atoms with E-state index in [0.717, 1.165) is 42.7 Å². The third-order valence-electron chi connectivity index (χ3n) is 4.39. The van der Waals surface area contributed by atoms with Crippen molar-refractivity contribution < 1.29 is 13.5 Å². The lowest BCUT2D eigenvalue weighted by molar-refractivity contribution is 0.407. The van der Waals surface area contributed by atoms with Gasteiger partial charge in [-0.25, -0.2) is 4.21 Å². The first-order chi connectivity index (χ1) is 12.0. The van der Waals surface area contributed by atoms with Crippen LogP contribution in [0.25, 0.3) is 0 Å². The Morgan fingerprint density at radius 1 is 1.20 bits per heavy atom. The molecule has 0 aliphatic heterocycles. The van der Waals surface area contributed by atoms with E-state index in [9.17, 15) is 8.76 Å². The van der Waals surface area contributed by atoms with Gasteiger partial charge in [0.1, 0.15) is 5.75 Å². The van der Waals surface area contributed by atoms with E-state index in [0.29, 0.717) is 10.9 Å². The van der Waals surface area contributed by atoms with E-state index in [1.807, 2.05) is 43.3 Å². The SMILES string of the molecule is COc1ccccc1CCC(C)NCCc1ccc(C)c(S(=O)O)c1. The zero-order valence-corrected chi connectivity index (χ0v) is 15.9. The summed E-state index contributed by atoms with van der Waals surface area (Å²) in [7, 11) is 1.70. The van der Waals surface area contributed by atoms with Gasteiger partial charge in [-0.05, 0) is 68.5 Å². The summed E-state index contributed by atoms with van der Waals surface area (Å²) in [5.41, 5.74) is 3.15. The molecule has 0 aromatic heterocycles. The van der Waals surface area contributed by atoms with Crippen LogP contribution in [0.15, 0.2) is 47.4 Å². The Morgan fingerprint density at radius 3 is 2.68 bits per heavy atom. The maximum absolute atomic E-state index is 11.3. The summed E-state index contributed by atoms with van der Waals surface area (Å²) in [6.45, 7) is 4.87. The molecule has 0 radical (unpaired) electrons. The van der Waals surface area contributed by atoms with Crippen LogP contribution < -0.4 is 10.1 Å². The molecule has 0 aliphatic carbocycles. The average Bonchev–Trinajstić information content (AvgIpc) is 2.61. The van der Waals surface area contributed by atoms with Crippen LogP contribution in [0.4, 0.5) is 0 Å². The first-order valence-electron chi connectivity index (χ1n) is 8.57. The second-order valence-corrected chi connectivity index (χ2v) is 7.24. The minimum absolute atomic E-state index is 0.391. The highest BCUT2D eigenvalue weighted by Gasteiger charge is 2.08. The van der Waals surface area contributed by atoms with Crippen molar-refractivity contribution in [3.63, 3.8) is 0 Å². The molecule has 0 saturated heterocycles. The van der Waals surface area contributed by atoms with Crippen LogP contribution in [0.2, 0.25) is 0 Å². The standard InChI is InChI=1S/C20H27NO3S/c1-15-8-10-17(14-20(15)25(22)23)12-13-21-16(2)9-11-18-6-4-5-7-19(18)24-3/h4-8,10,14,16,21H,9,11-13H2,1-3H3,(H,22,23). The van der Waals surface area contributed by atoms with Gasteiger partial charge >= 0.3 is 0 Å². The molecule has 2 aromatic carbocycles. The fourth-order valence-electron chi connectivity index (χ4n) is 2.83. The van der Waals surface area contributed by atoms with Gasteiger partial charge < -0.3 is 14.6 Å². The highest BCUT2D eigenvalue weighted by molar-refractivity contribution is 7.79. The highest BCUT2D eigenvalue weighted by atomic mass is 32.2. The largest absolute Gasteiger partial charge is 0.496 e. The number of nitrogens with one attached hydrogen (secondary N) is 1. The Balaban J connectivity index is 1.80. The Kier molecular flexibility index (Phi) is 7.62. The molecule has 0 fully saturated rings. The monoisotopic (exact) mass is 361 g/mol. The van der Waals surface area contributed by atoms with Gasteiger partial charge in [-0.1, -0.05) is 30.3 Å². The van der Waals surface area contributed by atoms with Crippen LogP contribution in [-0.4, -0.2) is 28.5 Å². The van der Waals surface area contributed by atoms with Crippen LogP contribution in [-0.2, 0) is 23.9 Å². The molecular weight excluding hydrogens is 334 g/mol. The summed E-state index contributed by atoms with van der Waals surface area (Å²) in [4.78, 5) is 0.502. The molecule has 0 aliphatic rings. The maximum Gasteiger partial charge on any atom is 0.186 e. The smallest absolute Gasteiger partial charge is 0.186 e. The van der Waals surface area contributed by atoms with Gasteiger partial charge in [0.15, 0.2) is 11.1 Å². The lowest BCUT2D eigenvalue weighted by atomic mass is 10.0. The molecule has 2 atom stereocenters. The van der Waals surface area contributed by atoms with E-state index in [4.69, 9.17) is 4.74 Å². The zero-order valence-electron chi connectivity index (χ0n) is 15.1. The molecule has 0 bridgehead atoms. The van der Waals surface area contributed by atoms with E-state index in [2.05, 4.69) is 18.3 Å². The third-order valence-corrected chi connectivity index (χ3v) is 5.20. The van der Waals surface area contributed by atoms with Crippen molar-refractivity contribution >= 4 is 11.1 Å². The van der Waals surface area contributed by atoms with Crippen LogP contribution in [0.1, 0.15) is 30.0 Å². The molecule has 0 heterocycles. The van der Waals surface area contributed by atoms with E-state index in [-0.39, 0.29) is 0 Å². The van der Waals surface area contributed by atoms with Gasteiger partial charge in [0.2, 0.25) is 0 Å². The van der Waals surface area contributed by atoms with Crippen molar-refractivity contribution in [3.8, 4) is 5.75 Å². The van der Waals surface area contributed by atoms with E-state index in [1.165, 1.54) is 5.56 Å². The van der Waals surface area contributed by atoms with E-state index >= 15 is 0 Å². The number of methoxy groups -OCH3 is 1. The highest BCUT2D eigenvalue weighted by Crippen LogP contribution is 2.19. The van der Waals surface area contributed by atoms with E-state index in [1.54, 1.807) is 7.11 Å². The van der Waals surface area contributed by atoms with Gasteiger partial charge in [-0.2, -0.15) is 0 Å². The normalized spacial score (nSPS) is 13.4. The Labute approximate surface area is 152 Å². The van der Waals surface area contributed by atoms with Crippen molar-refractivity contribution in [2.45, 2.75) is 44.0 Å². The minimum Gasteiger partial charge on any atom is -0.496 e. The molecule has 4 nitrogen and oxygen atoms in total. The van der Waals surface area contributed by atoms with Gasteiger partial charge in [0.05, 0.1) is 12.0 Å². The van der Waals surface area contributed by atoms with Gasteiger partial charge in [-0.15, -0.1) is 0 Å². The fraction of sp³-hybridized carbons (Fsp3) is 0.400. The van der Waals surface area contributed by atoms with Gasteiger partial charge in [0.25, 0.3) is 0 Å². The quantitative estimate of drug-likeness (QED) is 0.668. The number of para-hydroxylation sites is 1. The topological polar surface area (TPSA) is 58.6 Å². The fourth-order valence-corrected chi connectivity index (χ4v) is 3.43. The third kappa shape index (κ3) is 5.96. The van der Waals surface area contributed by atoms with Crippen molar-refractivity contribution in [1.29, 1.82) is 0 Å². The summed E-state index contributed by atoms with van der Waals surface area (Å²) < 4.78 is 26.0. The van der Waals surface area contributed by atoms with Crippen molar-refractivity contribution in [1.82, 2.24) is 5.32 Å². The number of hydrogen-bond donors (Lipinski definition) is 2. The summed E-state index contributed by atoms with van der Waals surface area (Å²) in [6.07, 6.45) is 2.83. The Morgan fingerprint density at radius 2 is 1.96 bits per heavy atom. The van der Waals surface area contributed by atoms with Crippen LogP contribution in [0.5, 0.6) is 5.75 Å². The molecule has 0 saturated carbocycles. The predicted octanol–water partition coefficient (Wildman–Crippen LogP) is 3.74. The Bertz CT molecular complexity index is 718. The average molecular weight is 362 g/mol. The lowest BCUT2D eigenvalue weighted by Crippen LogP contribution is -2.28. The number of benzene rings is 2. The molecular formula is C20H27NO3S. The van der Waals surface area contributed by atoms with Gasteiger partial charge in [-0.3, -0.25) is 0 Å². The molecule has 136 valence electrons. The summed E-state index contributed by atoms with van der Waals surface area (Å²) >= 11 is -1.92. The van der Waals surface area contributed by atoms with Crippen molar-refractivity contribution in [2.24, 2.45) is 0 Å². The summed E-state index contributed by atoms with van der Waals surface area (Å²) in [5.74, 6) is 0.943. The van der Waals surface area contributed by atoms with Crippen molar-refractivity contribution in [3.05, 3.63) is 59.2 Å². The van der Waals surface area contributed by atoms with Crippen LogP contribution in [0.3, 0.4) is 0 Å². The maximum atomic E-state index is 11.3. The Hall–Kier alpha value is -1.69. The molecule has 2 aromatic rings. The second kappa shape index (κ2) is 9.70.